The molecule has 1 aliphatic carbocycles. The molecule has 1 nitrogen and oxygen atoms in total. The highest BCUT2D eigenvalue weighted by Gasteiger charge is 2.46. The zero-order chi connectivity index (χ0) is 37.3. The lowest BCUT2D eigenvalue weighted by atomic mass is 9.67. The van der Waals surface area contributed by atoms with Gasteiger partial charge in [-0.3, -0.25) is 0 Å². The summed E-state index contributed by atoms with van der Waals surface area (Å²) in [5, 5.41) is 0. The summed E-state index contributed by atoms with van der Waals surface area (Å²) in [7, 11) is 0. The summed E-state index contributed by atoms with van der Waals surface area (Å²) in [5.74, 6) is 0. The maximum Gasteiger partial charge on any atom is 0.0714 e. The van der Waals surface area contributed by atoms with Gasteiger partial charge in [-0.15, -0.1) is 0 Å². The number of hydrogen-bond donors (Lipinski definition) is 0. The van der Waals surface area contributed by atoms with Crippen molar-refractivity contribution in [3.8, 4) is 44.5 Å². The van der Waals surface area contributed by atoms with Crippen molar-refractivity contribution < 1.29 is 0 Å². The van der Waals surface area contributed by atoms with Crippen molar-refractivity contribution in [2.45, 2.75) is 5.41 Å². The first-order chi connectivity index (χ1) is 27.8. The van der Waals surface area contributed by atoms with E-state index in [2.05, 4.69) is 241 Å². The van der Waals surface area contributed by atoms with Crippen LogP contribution in [-0.2, 0) is 5.41 Å². The molecule has 0 aromatic heterocycles. The molecule has 1 aliphatic rings. The van der Waals surface area contributed by atoms with Gasteiger partial charge in [0.1, 0.15) is 0 Å². The van der Waals surface area contributed by atoms with Crippen molar-refractivity contribution in [3.05, 3.63) is 259 Å². The van der Waals surface area contributed by atoms with Gasteiger partial charge in [-0.2, -0.15) is 0 Å². The minimum Gasteiger partial charge on any atom is -0.310 e. The fourth-order valence-electron chi connectivity index (χ4n) is 8.81. The minimum absolute atomic E-state index is 0.506. The molecule has 264 valence electrons. The van der Waals surface area contributed by atoms with Gasteiger partial charge in [-0.05, 0) is 109 Å². The highest BCUT2D eigenvalue weighted by Crippen LogP contribution is 2.56. The third-order valence-electron chi connectivity index (χ3n) is 11.3. The fourth-order valence-corrected chi connectivity index (χ4v) is 8.81. The Bertz CT molecular complexity index is 2670. The van der Waals surface area contributed by atoms with Crippen LogP contribution in [0.1, 0.15) is 22.3 Å². The van der Waals surface area contributed by atoms with Crippen LogP contribution >= 0.6 is 0 Å². The van der Waals surface area contributed by atoms with Gasteiger partial charge in [0.15, 0.2) is 0 Å². The van der Waals surface area contributed by atoms with E-state index in [4.69, 9.17) is 0 Å². The third-order valence-corrected chi connectivity index (χ3v) is 11.3. The number of benzene rings is 9. The molecule has 0 atom stereocenters. The Morgan fingerprint density at radius 3 is 1.21 bits per heavy atom. The summed E-state index contributed by atoms with van der Waals surface area (Å²) in [6, 6.07) is 86.3. The lowest BCUT2D eigenvalue weighted by molar-refractivity contribution is 0.768. The molecule has 56 heavy (non-hydrogen) atoms. The molecule has 0 saturated carbocycles. The predicted molar refractivity (Wildman–Crippen MR) is 235 cm³/mol. The van der Waals surface area contributed by atoms with E-state index >= 15 is 0 Å². The monoisotopic (exact) mass is 713 g/mol. The molecule has 0 heterocycles. The van der Waals surface area contributed by atoms with E-state index in [0.29, 0.717) is 0 Å². The lowest BCUT2D eigenvalue weighted by Gasteiger charge is -2.35. The Morgan fingerprint density at radius 1 is 0.250 bits per heavy atom. The quantitative estimate of drug-likeness (QED) is 0.152. The third kappa shape index (κ3) is 5.73. The highest BCUT2D eigenvalue weighted by molar-refractivity contribution is 5.89. The van der Waals surface area contributed by atoms with Crippen molar-refractivity contribution in [3.63, 3.8) is 0 Å². The number of rotatable bonds is 8. The van der Waals surface area contributed by atoms with Crippen LogP contribution in [0.4, 0.5) is 17.1 Å². The molecule has 0 aliphatic heterocycles. The van der Waals surface area contributed by atoms with E-state index in [1.165, 1.54) is 66.8 Å². The number of fused-ring (bicyclic) bond motifs is 3. The second kappa shape index (κ2) is 14.2. The van der Waals surface area contributed by atoms with Gasteiger partial charge in [-0.25, -0.2) is 0 Å². The molecule has 9 aromatic carbocycles. The van der Waals surface area contributed by atoms with Crippen molar-refractivity contribution in [1.29, 1.82) is 0 Å². The Labute approximate surface area is 329 Å². The summed E-state index contributed by atoms with van der Waals surface area (Å²) in [5.41, 5.74) is 17.5. The van der Waals surface area contributed by atoms with E-state index in [1.807, 2.05) is 0 Å². The van der Waals surface area contributed by atoms with Gasteiger partial charge in [0.05, 0.1) is 5.41 Å². The second-order valence-electron chi connectivity index (χ2n) is 14.5. The summed E-state index contributed by atoms with van der Waals surface area (Å²) < 4.78 is 0. The van der Waals surface area contributed by atoms with E-state index in [-0.39, 0.29) is 0 Å². The van der Waals surface area contributed by atoms with E-state index < -0.39 is 5.41 Å². The van der Waals surface area contributed by atoms with Crippen LogP contribution in [0.15, 0.2) is 237 Å². The summed E-state index contributed by atoms with van der Waals surface area (Å²) in [6.07, 6.45) is 0. The Balaban J connectivity index is 1.22. The van der Waals surface area contributed by atoms with Gasteiger partial charge < -0.3 is 4.90 Å². The largest absolute Gasteiger partial charge is 0.310 e. The van der Waals surface area contributed by atoms with Crippen LogP contribution in [-0.4, -0.2) is 0 Å². The van der Waals surface area contributed by atoms with E-state index in [1.54, 1.807) is 0 Å². The standard InChI is InChI=1S/C55H39N/c1-5-18-40(19-6-1)43-32-34-48(35-33-43)56(50-37-44(41-20-7-2-8-21-41)36-45(38-50)42-22-9-3-10-23-42)49-27-17-26-47(39-49)55(46-24-11-4-12-25-46)53-30-15-13-28-51(53)52-29-14-16-31-54(52)55/h1-39H. The van der Waals surface area contributed by atoms with Crippen LogP contribution in [0.2, 0.25) is 0 Å². The Morgan fingerprint density at radius 2 is 0.679 bits per heavy atom. The minimum atomic E-state index is -0.506. The number of anilines is 3. The maximum absolute atomic E-state index is 2.43. The predicted octanol–water partition coefficient (Wildman–Crippen LogP) is 14.5. The topological polar surface area (TPSA) is 3.24 Å². The molecule has 0 bridgehead atoms. The van der Waals surface area contributed by atoms with Crippen molar-refractivity contribution >= 4 is 17.1 Å². The molecule has 0 radical (unpaired) electrons. The summed E-state index contributed by atoms with van der Waals surface area (Å²) >= 11 is 0. The van der Waals surface area contributed by atoms with Gasteiger partial charge >= 0.3 is 0 Å². The molecular weight excluding hydrogens is 675 g/mol. The van der Waals surface area contributed by atoms with Gasteiger partial charge in [0, 0.05) is 17.1 Å². The molecule has 9 aromatic rings. The van der Waals surface area contributed by atoms with Crippen molar-refractivity contribution in [2.24, 2.45) is 0 Å². The first kappa shape index (κ1) is 33.4. The molecule has 0 N–H and O–H groups in total. The molecule has 1 heteroatoms. The normalized spacial score (nSPS) is 12.4. The molecule has 0 unspecified atom stereocenters. The van der Waals surface area contributed by atoms with Crippen LogP contribution in [0.3, 0.4) is 0 Å². The molecule has 0 fully saturated rings. The average molecular weight is 714 g/mol. The molecule has 0 spiro atoms. The number of nitrogens with zero attached hydrogens (tertiary/aromatic N) is 1. The van der Waals surface area contributed by atoms with Crippen LogP contribution in [0.5, 0.6) is 0 Å². The first-order valence-electron chi connectivity index (χ1n) is 19.3. The Kier molecular flexibility index (Phi) is 8.46. The smallest absolute Gasteiger partial charge is 0.0714 e. The number of hydrogen-bond acceptors (Lipinski definition) is 1. The SMILES string of the molecule is c1ccc(-c2ccc(N(c3cc(-c4ccccc4)cc(-c4ccccc4)c3)c3cccc(C4(c5ccccc5)c5ccccc5-c5ccccc54)c3)cc2)cc1. The molecule has 10 rings (SSSR count). The van der Waals surface area contributed by atoms with Crippen LogP contribution < -0.4 is 4.90 Å². The van der Waals surface area contributed by atoms with Gasteiger partial charge in [0.25, 0.3) is 0 Å². The lowest BCUT2D eigenvalue weighted by Crippen LogP contribution is -2.28. The molecular formula is C55H39N. The van der Waals surface area contributed by atoms with Crippen molar-refractivity contribution in [1.82, 2.24) is 0 Å². The van der Waals surface area contributed by atoms with E-state index in [0.717, 1.165) is 17.1 Å². The molecule has 0 saturated heterocycles. The van der Waals surface area contributed by atoms with Crippen LogP contribution in [0, 0.1) is 0 Å². The average Bonchev–Trinajstić information content (AvgIpc) is 3.59. The van der Waals surface area contributed by atoms with Gasteiger partial charge in [0.2, 0.25) is 0 Å². The molecule has 0 amide bonds. The van der Waals surface area contributed by atoms with Crippen molar-refractivity contribution in [2.75, 3.05) is 4.90 Å². The second-order valence-corrected chi connectivity index (χ2v) is 14.5. The summed E-state index contributed by atoms with van der Waals surface area (Å²) in [6.45, 7) is 0. The summed E-state index contributed by atoms with van der Waals surface area (Å²) in [4.78, 5) is 2.43. The zero-order valence-corrected chi connectivity index (χ0v) is 31.0. The highest BCUT2D eigenvalue weighted by atomic mass is 15.1. The van der Waals surface area contributed by atoms with E-state index in [9.17, 15) is 0 Å². The zero-order valence-electron chi connectivity index (χ0n) is 31.0. The van der Waals surface area contributed by atoms with Crippen LogP contribution in [0.25, 0.3) is 44.5 Å². The Hall–Kier alpha value is -7.22. The maximum atomic E-state index is 2.43. The van der Waals surface area contributed by atoms with Gasteiger partial charge in [-0.1, -0.05) is 194 Å². The first-order valence-corrected chi connectivity index (χ1v) is 19.3. The fraction of sp³-hybridized carbons (Fsp3) is 0.0182.